The molecule has 0 aliphatic heterocycles. The van der Waals surface area contributed by atoms with E-state index >= 15 is 0 Å². The number of aromatic nitrogens is 3. The third-order valence-corrected chi connectivity index (χ3v) is 2.72. The van der Waals surface area contributed by atoms with E-state index in [4.69, 9.17) is 0 Å². The quantitative estimate of drug-likeness (QED) is 0.651. The van der Waals surface area contributed by atoms with E-state index in [1.165, 1.54) is 0 Å². The minimum Gasteiger partial charge on any atom is -0.354 e. The molecule has 0 bridgehead atoms. The average Bonchev–Trinajstić information content (AvgIpc) is 2.92. The van der Waals surface area contributed by atoms with Crippen molar-refractivity contribution in [1.29, 1.82) is 0 Å². The highest BCUT2D eigenvalue weighted by Gasteiger charge is 2.07. The van der Waals surface area contributed by atoms with Crippen LogP contribution in [-0.2, 0) is 6.54 Å². The molecule has 0 radical (unpaired) electrons. The monoisotopic (exact) mass is 272 g/mol. The van der Waals surface area contributed by atoms with Crippen molar-refractivity contribution in [3.63, 3.8) is 0 Å². The minimum atomic E-state index is 0.327. The lowest BCUT2D eigenvalue weighted by Gasteiger charge is -2.14. The van der Waals surface area contributed by atoms with Crippen LogP contribution in [0.15, 0.2) is 41.7 Å². The summed E-state index contributed by atoms with van der Waals surface area (Å²) in [7, 11) is 1.75. The summed E-state index contributed by atoms with van der Waals surface area (Å²) in [5.74, 6) is 1.59. The summed E-state index contributed by atoms with van der Waals surface area (Å²) in [4.78, 5) is 4.17. The molecule has 106 valence electrons. The van der Waals surface area contributed by atoms with Gasteiger partial charge >= 0.3 is 0 Å². The van der Waals surface area contributed by atoms with Gasteiger partial charge in [-0.1, -0.05) is 18.2 Å². The second kappa shape index (κ2) is 6.70. The third kappa shape index (κ3) is 3.57. The molecule has 0 aliphatic rings. The second-order valence-electron chi connectivity index (χ2n) is 4.68. The Morgan fingerprint density at radius 3 is 2.70 bits per heavy atom. The van der Waals surface area contributed by atoms with Crippen molar-refractivity contribution in [1.82, 2.24) is 25.4 Å². The van der Waals surface area contributed by atoms with Crippen LogP contribution in [0, 0.1) is 0 Å². The summed E-state index contributed by atoms with van der Waals surface area (Å²) >= 11 is 0. The van der Waals surface area contributed by atoms with E-state index in [1.807, 2.05) is 34.9 Å². The highest BCUT2D eigenvalue weighted by molar-refractivity contribution is 5.79. The Morgan fingerprint density at radius 1 is 1.30 bits per heavy atom. The highest BCUT2D eigenvalue weighted by Crippen LogP contribution is 2.08. The highest BCUT2D eigenvalue weighted by atomic mass is 15.3. The Morgan fingerprint density at radius 2 is 2.05 bits per heavy atom. The largest absolute Gasteiger partial charge is 0.354 e. The summed E-state index contributed by atoms with van der Waals surface area (Å²) in [6.07, 6.45) is 1.71. The maximum atomic E-state index is 4.17. The summed E-state index contributed by atoms with van der Waals surface area (Å²) < 4.78 is 1.95. The molecule has 1 aromatic heterocycles. The van der Waals surface area contributed by atoms with Gasteiger partial charge < -0.3 is 10.6 Å². The summed E-state index contributed by atoms with van der Waals surface area (Å²) in [6.45, 7) is 4.69. The van der Waals surface area contributed by atoms with Crippen LogP contribution < -0.4 is 10.6 Å². The first kappa shape index (κ1) is 14.0. The summed E-state index contributed by atoms with van der Waals surface area (Å²) in [5, 5.41) is 14.6. The topological polar surface area (TPSA) is 67.1 Å². The van der Waals surface area contributed by atoms with Crippen LogP contribution in [0.2, 0.25) is 0 Å². The molecule has 1 aromatic carbocycles. The zero-order valence-corrected chi connectivity index (χ0v) is 12.0. The Hall–Kier alpha value is -2.37. The van der Waals surface area contributed by atoms with Gasteiger partial charge in [-0.05, 0) is 26.0 Å². The van der Waals surface area contributed by atoms with Gasteiger partial charge in [0.15, 0.2) is 11.8 Å². The number of nitrogens with zero attached hydrogens (tertiary/aromatic N) is 4. The number of benzene rings is 1. The Labute approximate surface area is 119 Å². The molecule has 2 rings (SSSR count). The molecule has 20 heavy (non-hydrogen) atoms. The van der Waals surface area contributed by atoms with Gasteiger partial charge in [0.05, 0.1) is 6.54 Å². The fourth-order valence-electron chi connectivity index (χ4n) is 1.81. The predicted octanol–water partition coefficient (Wildman–Crippen LogP) is 1.34. The molecule has 0 amide bonds. The maximum Gasteiger partial charge on any atom is 0.191 e. The van der Waals surface area contributed by atoms with Crippen molar-refractivity contribution in [3.05, 3.63) is 42.5 Å². The lowest BCUT2D eigenvalue weighted by atomic mass is 10.3. The second-order valence-corrected chi connectivity index (χ2v) is 4.68. The zero-order valence-electron chi connectivity index (χ0n) is 12.0. The minimum absolute atomic E-state index is 0.327. The van der Waals surface area contributed by atoms with Gasteiger partial charge in [0, 0.05) is 18.8 Å². The molecular weight excluding hydrogens is 252 g/mol. The van der Waals surface area contributed by atoms with Crippen molar-refractivity contribution < 1.29 is 0 Å². The van der Waals surface area contributed by atoms with E-state index in [-0.39, 0.29) is 0 Å². The van der Waals surface area contributed by atoms with Gasteiger partial charge in [-0.15, -0.1) is 10.2 Å². The lowest BCUT2D eigenvalue weighted by molar-refractivity contribution is 0.687. The van der Waals surface area contributed by atoms with E-state index in [0.717, 1.165) is 17.5 Å². The number of hydrogen-bond acceptors (Lipinski definition) is 3. The standard InChI is InChI=1S/C14H20N6/c1-11(2)18-14(15-3)16-9-13-19-17-10-20(13)12-7-5-4-6-8-12/h4-8,10-11H,9H2,1-3H3,(H2,15,16,18). The van der Waals surface area contributed by atoms with Crippen LogP contribution in [0.4, 0.5) is 0 Å². The number of aliphatic imine (C=N–C) groups is 1. The molecule has 6 nitrogen and oxygen atoms in total. The molecule has 2 aromatic rings. The van der Waals surface area contributed by atoms with Crippen molar-refractivity contribution in [2.45, 2.75) is 26.4 Å². The van der Waals surface area contributed by atoms with Crippen LogP contribution in [-0.4, -0.2) is 33.8 Å². The van der Waals surface area contributed by atoms with Gasteiger partial charge in [0.1, 0.15) is 6.33 Å². The van der Waals surface area contributed by atoms with E-state index < -0.39 is 0 Å². The lowest BCUT2D eigenvalue weighted by Crippen LogP contribution is -2.40. The number of guanidine groups is 1. The molecule has 0 atom stereocenters. The SMILES string of the molecule is CN=C(NCc1nncn1-c1ccccc1)NC(C)C. The number of hydrogen-bond donors (Lipinski definition) is 2. The Balaban J connectivity index is 2.06. The first-order chi connectivity index (χ1) is 9.70. The molecule has 0 fully saturated rings. The van der Waals surface area contributed by atoms with Crippen molar-refractivity contribution in [3.8, 4) is 5.69 Å². The molecule has 0 spiro atoms. The summed E-state index contributed by atoms with van der Waals surface area (Å²) in [5.41, 5.74) is 1.04. The first-order valence-corrected chi connectivity index (χ1v) is 6.62. The molecule has 0 saturated heterocycles. The van der Waals surface area contributed by atoms with Crippen molar-refractivity contribution in [2.24, 2.45) is 4.99 Å². The van der Waals surface area contributed by atoms with Crippen LogP contribution in [0.3, 0.4) is 0 Å². The number of nitrogens with one attached hydrogen (secondary N) is 2. The van der Waals surface area contributed by atoms with E-state index in [1.54, 1.807) is 13.4 Å². The molecule has 0 aliphatic carbocycles. The van der Waals surface area contributed by atoms with Gasteiger partial charge in [-0.25, -0.2) is 0 Å². The first-order valence-electron chi connectivity index (χ1n) is 6.62. The zero-order chi connectivity index (χ0) is 14.4. The fraction of sp³-hybridized carbons (Fsp3) is 0.357. The van der Waals surface area contributed by atoms with Crippen LogP contribution in [0.25, 0.3) is 5.69 Å². The summed E-state index contributed by atoms with van der Waals surface area (Å²) in [6, 6.07) is 10.3. The third-order valence-electron chi connectivity index (χ3n) is 2.72. The molecule has 2 N–H and O–H groups in total. The average molecular weight is 272 g/mol. The number of rotatable bonds is 4. The van der Waals surface area contributed by atoms with Crippen molar-refractivity contribution >= 4 is 5.96 Å². The molecule has 1 heterocycles. The van der Waals surface area contributed by atoms with Crippen molar-refractivity contribution in [2.75, 3.05) is 7.05 Å². The van der Waals surface area contributed by atoms with Gasteiger partial charge in [-0.3, -0.25) is 9.56 Å². The maximum absolute atomic E-state index is 4.17. The Bertz CT molecular complexity index is 558. The number of para-hydroxylation sites is 1. The van der Waals surface area contributed by atoms with E-state index in [9.17, 15) is 0 Å². The normalized spacial score (nSPS) is 11.7. The van der Waals surface area contributed by atoms with E-state index in [0.29, 0.717) is 12.6 Å². The van der Waals surface area contributed by atoms with Gasteiger partial charge in [0.25, 0.3) is 0 Å². The van der Waals surface area contributed by atoms with Crippen LogP contribution in [0.5, 0.6) is 0 Å². The van der Waals surface area contributed by atoms with Crippen LogP contribution in [0.1, 0.15) is 19.7 Å². The smallest absolute Gasteiger partial charge is 0.191 e. The molecule has 6 heteroatoms. The van der Waals surface area contributed by atoms with Crippen LogP contribution >= 0.6 is 0 Å². The molecule has 0 saturated carbocycles. The predicted molar refractivity (Wildman–Crippen MR) is 79.8 cm³/mol. The Kier molecular flexibility index (Phi) is 4.70. The van der Waals surface area contributed by atoms with Gasteiger partial charge in [0.2, 0.25) is 0 Å². The molecule has 0 unspecified atom stereocenters. The van der Waals surface area contributed by atoms with Gasteiger partial charge in [-0.2, -0.15) is 0 Å². The fourth-order valence-corrected chi connectivity index (χ4v) is 1.81. The van der Waals surface area contributed by atoms with E-state index in [2.05, 4.69) is 39.7 Å². The molecular formula is C14H20N6.